The molecule has 10 heteroatoms. The Morgan fingerprint density at radius 2 is 1.91 bits per heavy atom. The van der Waals surface area contributed by atoms with Crippen molar-refractivity contribution in [2.75, 3.05) is 20.2 Å². The zero-order valence-corrected chi connectivity index (χ0v) is 20.0. The minimum Gasteiger partial charge on any atom is -0.495 e. The topological polar surface area (TPSA) is 85.4 Å². The lowest BCUT2D eigenvalue weighted by Gasteiger charge is -2.38. The minimum absolute atomic E-state index is 0.151. The van der Waals surface area contributed by atoms with E-state index in [4.69, 9.17) is 16.3 Å². The molecule has 1 N–H and O–H groups in total. The molecule has 0 atom stereocenters. The number of aromatic nitrogens is 4. The Labute approximate surface area is 206 Å². The number of fused-ring (bicyclic) bond motifs is 1. The Balaban J connectivity index is 1.28. The number of methoxy groups -OCH3 is 1. The van der Waals surface area contributed by atoms with Crippen LogP contribution in [0.2, 0.25) is 5.02 Å². The third-order valence-corrected chi connectivity index (χ3v) is 6.79. The van der Waals surface area contributed by atoms with Gasteiger partial charge in [-0.15, -0.1) is 0 Å². The van der Waals surface area contributed by atoms with Crippen LogP contribution in [0.5, 0.6) is 5.75 Å². The van der Waals surface area contributed by atoms with E-state index in [9.17, 15) is 14.3 Å². The van der Waals surface area contributed by atoms with Crippen molar-refractivity contribution < 1.29 is 14.2 Å². The number of hydrogen-bond acceptors (Lipinski definition) is 6. The van der Waals surface area contributed by atoms with Crippen molar-refractivity contribution in [3.05, 3.63) is 81.7 Å². The lowest BCUT2D eigenvalue weighted by atomic mass is 9.91. The molecule has 2 aromatic carbocycles. The van der Waals surface area contributed by atoms with Crippen LogP contribution in [0.1, 0.15) is 18.4 Å². The molecule has 1 saturated heterocycles. The van der Waals surface area contributed by atoms with E-state index in [0.29, 0.717) is 53.4 Å². The predicted molar refractivity (Wildman–Crippen MR) is 131 cm³/mol. The van der Waals surface area contributed by atoms with Gasteiger partial charge in [0.05, 0.1) is 36.2 Å². The molecule has 8 nitrogen and oxygen atoms in total. The lowest BCUT2D eigenvalue weighted by molar-refractivity contribution is -0.0364. The quantitative estimate of drug-likeness (QED) is 0.439. The summed E-state index contributed by atoms with van der Waals surface area (Å²) >= 11 is 6.24. The van der Waals surface area contributed by atoms with Gasteiger partial charge in [-0.2, -0.15) is 5.10 Å². The van der Waals surface area contributed by atoms with Gasteiger partial charge in [0, 0.05) is 19.6 Å². The Bertz CT molecular complexity index is 1410. The van der Waals surface area contributed by atoms with Crippen LogP contribution in [0.3, 0.4) is 0 Å². The number of ether oxygens (including phenoxy) is 1. The van der Waals surface area contributed by atoms with E-state index in [1.165, 1.54) is 33.9 Å². The van der Waals surface area contributed by atoms with Crippen LogP contribution in [0.15, 0.2) is 59.8 Å². The Hall–Kier alpha value is -3.27. The number of likely N-dealkylation sites (tertiary alicyclic amines) is 1. The zero-order chi connectivity index (χ0) is 24.6. The third-order valence-electron chi connectivity index (χ3n) is 6.50. The van der Waals surface area contributed by atoms with Crippen LogP contribution < -0.4 is 10.3 Å². The lowest BCUT2D eigenvalue weighted by Crippen LogP contribution is -2.47. The number of aliphatic hydroxyl groups is 1. The summed E-state index contributed by atoms with van der Waals surface area (Å²) in [6, 6.07) is 11.5. The SMILES string of the molecule is COc1ccc(CN2CCC(O)(Cn3cnc4c(cnn4-c4ccc(F)cc4)c3=O)CC2)cc1Cl. The van der Waals surface area contributed by atoms with Crippen molar-refractivity contribution in [1.29, 1.82) is 0 Å². The molecule has 1 aliphatic rings. The molecule has 0 unspecified atom stereocenters. The second-order valence-corrected chi connectivity index (χ2v) is 9.32. The molecule has 35 heavy (non-hydrogen) atoms. The first-order valence-electron chi connectivity index (χ1n) is 11.3. The van der Waals surface area contributed by atoms with E-state index in [-0.39, 0.29) is 17.9 Å². The van der Waals surface area contributed by atoms with Crippen LogP contribution >= 0.6 is 11.6 Å². The Morgan fingerprint density at radius 1 is 1.17 bits per heavy atom. The van der Waals surface area contributed by atoms with E-state index < -0.39 is 5.60 Å². The van der Waals surface area contributed by atoms with Gasteiger partial charge in [-0.05, 0) is 54.8 Å². The van der Waals surface area contributed by atoms with Gasteiger partial charge in [0.2, 0.25) is 0 Å². The highest BCUT2D eigenvalue weighted by Crippen LogP contribution is 2.28. The number of rotatable bonds is 6. The summed E-state index contributed by atoms with van der Waals surface area (Å²) in [5.74, 6) is 0.287. The fraction of sp³-hybridized carbons (Fsp3) is 0.320. The summed E-state index contributed by atoms with van der Waals surface area (Å²) in [7, 11) is 1.59. The van der Waals surface area contributed by atoms with Gasteiger partial charge in [0.25, 0.3) is 5.56 Å². The molecule has 2 aromatic heterocycles. The highest BCUT2D eigenvalue weighted by atomic mass is 35.5. The van der Waals surface area contributed by atoms with Gasteiger partial charge >= 0.3 is 0 Å². The van der Waals surface area contributed by atoms with Crippen LogP contribution in [-0.2, 0) is 13.1 Å². The van der Waals surface area contributed by atoms with Crippen molar-refractivity contribution in [3.63, 3.8) is 0 Å². The fourth-order valence-corrected chi connectivity index (χ4v) is 4.78. The summed E-state index contributed by atoms with van der Waals surface area (Å²) in [6.07, 6.45) is 3.94. The molecule has 4 aromatic rings. The van der Waals surface area contributed by atoms with Crippen LogP contribution in [0.25, 0.3) is 16.7 Å². The van der Waals surface area contributed by atoms with E-state index in [1.807, 2.05) is 18.2 Å². The van der Waals surface area contributed by atoms with E-state index >= 15 is 0 Å². The van der Waals surface area contributed by atoms with Gasteiger partial charge in [0.1, 0.15) is 23.3 Å². The molecule has 5 rings (SSSR count). The molecular formula is C25H25ClFN5O3. The number of nitrogens with zero attached hydrogens (tertiary/aromatic N) is 5. The Morgan fingerprint density at radius 3 is 2.60 bits per heavy atom. The molecule has 1 fully saturated rings. The second kappa shape index (κ2) is 9.41. The largest absolute Gasteiger partial charge is 0.495 e. The highest BCUT2D eigenvalue weighted by Gasteiger charge is 2.33. The number of piperidine rings is 1. The third kappa shape index (κ3) is 4.80. The average Bonchev–Trinajstić information content (AvgIpc) is 3.28. The minimum atomic E-state index is -1.01. The van der Waals surface area contributed by atoms with Crippen molar-refractivity contribution in [2.45, 2.75) is 31.5 Å². The van der Waals surface area contributed by atoms with Crippen molar-refractivity contribution >= 4 is 22.6 Å². The first-order chi connectivity index (χ1) is 16.8. The van der Waals surface area contributed by atoms with E-state index in [0.717, 1.165) is 12.1 Å². The zero-order valence-electron chi connectivity index (χ0n) is 19.2. The summed E-state index contributed by atoms with van der Waals surface area (Å²) in [4.78, 5) is 19.8. The Kier molecular flexibility index (Phi) is 6.31. The van der Waals surface area contributed by atoms with Gasteiger partial charge < -0.3 is 9.84 Å². The molecule has 1 aliphatic heterocycles. The van der Waals surface area contributed by atoms with Crippen LogP contribution in [0, 0.1) is 5.82 Å². The maximum atomic E-state index is 13.3. The molecule has 3 heterocycles. The molecule has 0 amide bonds. The average molecular weight is 498 g/mol. The molecule has 182 valence electrons. The normalized spacial score (nSPS) is 16.0. The number of halogens is 2. The second-order valence-electron chi connectivity index (χ2n) is 8.92. The maximum Gasteiger partial charge on any atom is 0.264 e. The monoisotopic (exact) mass is 497 g/mol. The van der Waals surface area contributed by atoms with Crippen molar-refractivity contribution in [2.24, 2.45) is 0 Å². The summed E-state index contributed by atoms with van der Waals surface area (Å²) in [5, 5.41) is 16.4. The van der Waals surface area contributed by atoms with Gasteiger partial charge in [-0.1, -0.05) is 17.7 Å². The highest BCUT2D eigenvalue weighted by molar-refractivity contribution is 6.32. The van der Waals surface area contributed by atoms with Crippen molar-refractivity contribution in [3.8, 4) is 11.4 Å². The summed E-state index contributed by atoms with van der Waals surface area (Å²) < 4.78 is 21.4. The first-order valence-corrected chi connectivity index (χ1v) is 11.7. The van der Waals surface area contributed by atoms with Gasteiger partial charge in [0.15, 0.2) is 5.65 Å². The number of hydrogen-bond donors (Lipinski definition) is 1. The van der Waals surface area contributed by atoms with Crippen LogP contribution in [0.4, 0.5) is 4.39 Å². The van der Waals surface area contributed by atoms with E-state index in [2.05, 4.69) is 15.0 Å². The van der Waals surface area contributed by atoms with Crippen molar-refractivity contribution in [1.82, 2.24) is 24.2 Å². The van der Waals surface area contributed by atoms with Gasteiger partial charge in [-0.3, -0.25) is 14.3 Å². The van der Waals surface area contributed by atoms with Gasteiger partial charge in [-0.25, -0.2) is 14.1 Å². The number of benzene rings is 2. The standard InChI is InChI=1S/C25H25ClFN5O3/c1-35-22-7-2-17(12-21(22)26)14-30-10-8-25(34,9-11-30)15-31-16-28-23-20(24(31)33)13-29-32(23)19-5-3-18(27)4-6-19/h2-7,12-13,16,34H,8-11,14-15H2,1H3. The molecule has 0 radical (unpaired) electrons. The molecular weight excluding hydrogens is 473 g/mol. The first kappa shape index (κ1) is 23.5. The van der Waals surface area contributed by atoms with Crippen LogP contribution in [-0.4, -0.2) is 55.1 Å². The predicted octanol–water partition coefficient (Wildman–Crippen LogP) is 3.41. The molecule has 0 bridgehead atoms. The summed E-state index contributed by atoms with van der Waals surface area (Å²) in [6.45, 7) is 2.24. The fourth-order valence-electron chi connectivity index (χ4n) is 4.50. The molecule has 0 aliphatic carbocycles. The smallest absolute Gasteiger partial charge is 0.264 e. The molecule has 0 spiro atoms. The summed E-state index contributed by atoms with van der Waals surface area (Å²) in [5.41, 5.74) is 0.783. The maximum absolute atomic E-state index is 13.3. The molecule has 0 saturated carbocycles. The van der Waals surface area contributed by atoms with E-state index in [1.54, 1.807) is 19.2 Å².